The van der Waals surface area contributed by atoms with Crippen molar-refractivity contribution in [3.8, 4) is 0 Å². The van der Waals surface area contributed by atoms with Gasteiger partial charge in [0.25, 0.3) is 0 Å². The van der Waals surface area contributed by atoms with Crippen molar-refractivity contribution in [1.82, 2.24) is 4.98 Å². The average molecular weight is 168 g/mol. The molecule has 0 aliphatic carbocycles. The summed E-state index contributed by atoms with van der Waals surface area (Å²) in [6.45, 7) is 4.02. The van der Waals surface area contributed by atoms with Gasteiger partial charge in [-0.2, -0.15) is 0 Å². The Bertz CT molecular complexity index is 261. The molecule has 0 spiro atoms. The van der Waals surface area contributed by atoms with Gasteiger partial charge in [0.2, 0.25) is 0 Å². The van der Waals surface area contributed by atoms with Crippen LogP contribution in [0.1, 0.15) is 19.5 Å². The van der Waals surface area contributed by atoms with Gasteiger partial charge < -0.3 is 0 Å². The van der Waals surface area contributed by atoms with Gasteiger partial charge in [-0.15, -0.1) is 0 Å². The summed E-state index contributed by atoms with van der Waals surface area (Å²) >= 11 is 5.68. The predicted octanol–water partition coefficient (Wildman–Crippen LogP) is 3.16. The van der Waals surface area contributed by atoms with Crippen LogP contribution >= 0.6 is 11.6 Å². The molecule has 0 aromatic carbocycles. The zero-order valence-electron chi connectivity index (χ0n) is 6.63. The maximum atomic E-state index is 5.68. The highest BCUT2D eigenvalue weighted by molar-refractivity contribution is 6.30. The first-order chi connectivity index (χ1) is 5.24. The van der Waals surface area contributed by atoms with Crippen molar-refractivity contribution in [1.29, 1.82) is 0 Å². The second-order valence-electron chi connectivity index (χ2n) is 2.33. The molecule has 1 rings (SSSR count). The van der Waals surface area contributed by atoms with Gasteiger partial charge in [-0.3, -0.25) is 4.98 Å². The summed E-state index contributed by atoms with van der Waals surface area (Å²) in [5, 5.41) is 0.678. The number of hydrogen-bond acceptors (Lipinski definition) is 1. The molecule has 0 amide bonds. The van der Waals surface area contributed by atoms with E-state index in [1.807, 2.05) is 32.1 Å². The molecule has 0 saturated heterocycles. The van der Waals surface area contributed by atoms with Gasteiger partial charge in [-0.05, 0) is 31.6 Å². The monoisotopic (exact) mass is 167 g/mol. The first kappa shape index (κ1) is 8.28. The molecule has 1 aromatic rings. The SMILES string of the molecule is CC=C(C)c1ccc(Cl)cn1. The van der Waals surface area contributed by atoms with E-state index in [0.717, 1.165) is 5.69 Å². The molecular formula is C9H10ClN. The van der Waals surface area contributed by atoms with Crippen LogP contribution in [0.3, 0.4) is 0 Å². The largest absolute Gasteiger partial charge is 0.255 e. The van der Waals surface area contributed by atoms with E-state index < -0.39 is 0 Å². The highest BCUT2D eigenvalue weighted by Gasteiger charge is 1.94. The van der Waals surface area contributed by atoms with Crippen molar-refractivity contribution in [3.05, 3.63) is 35.1 Å². The molecule has 0 aliphatic rings. The molecule has 0 radical (unpaired) electrons. The smallest absolute Gasteiger partial charge is 0.0656 e. The van der Waals surface area contributed by atoms with Gasteiger partial charge >= 0.3 is 0 Å². The Labute approximate surface area is 71.7 Å². The summed E-state index contributed by atoms with van der Waals surface area (Å²) in [6.07, 6.45) is 3.68. The maximum absolute atomic E-state index is 5.68. The summed E-state index contributed by atoms with van der Waals surface area (Å²) in [7, 11) is 0. The molecule has 1 heterocycles. The Morgan fingerprint density at radius 3 is 2.73 bits per heavy atom. The summed E-state index contributed by atoms with van der Waals surface area (Å²) in [5.74, 6) is 0. The summed E-state index contributed by atoms with van der Waals surface area (Å²) in [5.41, 5.74) is 2.15. The van der Waals surface area contributed by atoms with Crippen LogP contribution in [0.4, 0.5) is 0 Å². The highest BCUT2D eigenvalue weighted by Crippen LogP contribution is 2.12. The molecule has 1 aromatic heterocycles. The number of allylic oxidation sites excluding steroid dienone is 2. The minimum absolute atomic E-state index is 0.678. The van der Waals surface area contributed by atoms with E-state index in [1.165, 1.54) is 5.57 Å². The first-order valence-corrected chi connectivity index (χ1v) is 3.86. The Kier molecular flexibility index (Phi) is 2.66. The third-order valence-corrected chi connectivity index (χ3v) is 1.79. The number of aromatic nitrogens is 1. The Hall–Kier alpha value is -0.820. The zero-order chi connectivity index (χ0) is 8.27. The lowest BCUT2D eigenvalue weighted by atomic mass is 10.2. The van der Waals surface area contributed by atoms with Crippen LogP contribution in [0.5, 0.6) is 0 Å². The number of nitrogens with zero attached hydrogens (tertiary/aromatic N) is 1. The van der Waals surface area contributed by atoms with Crippen molar-refractivity contribution in [2.45, 2.75) is 13.8 Å². The average Bonchev–Trinajstić information content (AvgIpc) is 2.05. The minimum atomic E-state index is 0.678. The van der Waals surface area contributed by atoms with E-state index in [2.05, 4.69) is 4.98 Å². The lowest BCUT2D eigenvalue weighted by molar-refractivity contribution is 1.26. The number of halogens is 1. The van der Waals surface area contributed by atoms with Crippen molar-refractivity contribution in [2.75, 3.05) is 0 Å². The van der Waals surface area contributed by atoms with E-state index in [0.29, 0.717) is 5.02 Å². The van der Waals surface area contributed by atoms with Crippen LogP contribution in [0.25, 0.3) is 5.57 Å². The maximum Gasteiger partial charge on any atom is 0.0656 e. The van der Waals surface area contributed by atoms with Crippen molar-refractivity contribution < 1.29 is 0 Å². The summed E-state index contributed by atoms with van der Waals surface area (Å²) in [4.78, 5) is 4.15. The van der Waals surface area contributed by atoms with Crippen LogP contribution in [0.2, 0.25) is 5.02 Å². The molecule has 0 bridgehead atoms. The summed E-state index contributed by atoms with van der Waals surface area (Å²) in [6, 6.07) is 3.76. The standard InChI is InChI=1S/C9H10ClN/c1-3-7(2)9-5-4-8(10)6-11-9/h3-6H,1-2H3. The molecular weight excluding hydrogens is 158 g/mol. The topological polar surface area (TPSA) is 12.9 Å². The molecule has 0 fully saturated rings. The number of pyridine rings is 1. The van der Waals surface area contributed by atoms with Gasteiger partial charge in [-0.25, -0.2) is 0 Å². The van der Waals surface area contributed by atoms with Crippen LogP contribution in [-0.2, 0) is 0 Å². The molecule has 2 heteroatoms. The second-order valence-corrected chi connectivity index (χ2v) is 2.77. The van der Waals surface area contributed by atoms with Crippen LogP contribution in [-0.4, -0.2) is 4.98 Å². The molecule has 0 saturated carbocycles. The third-order valence-electron chi connectivity index (χ3n) is 1.56. The fourth-order valence-electron chi connectivity index (χ4n) is 0.757. The van der Waals surface area contributed by atoms with Gasteiger partial charge in [0.05, 0.1) is 10.7 Å². The van der Waals surface area contributed by atoms with Crippen LogP contribution in [0, 0.1) is 0 Å². The first-order valence-electron chi connectivity index (χ1n) is 3.49. The quantitative estimate of drug-likeness (QED) is 0.626. The predicted molar refractivity (Wildman–Crippen MR) is 48.6 cm³/mol. The molecule has 58 valence electrons. The fourth-order valence-corrected chi connectivity index (χ4v) is 0.869. The van der Waals surface area contributed by atoms with Gasteiger partial charge in [0.1, 0.15) is 0 Å². The third kappa shape index (κ3) is 2.05. The Balaban J connectivity index is 2.99. The molecule has 1 nitrogen and oxygen atoms in total. The zero-order valence-corrected chi connectivity index (χ0v) is 7.39. The van der Waals surface area contributed by atoms with E-state index in [-0.39, 0.29) is 0 Å². The molecule has 0 aliphatic heterocycles. The van der Waals surface area contributed by atoms with Crippen molar-refractivity contribution >= 4 is 17.2 Å². The Morgan fingerprint density at radius 2 is 2.27 bits per heavy atom. The van der Waals surface area contributed by atoms with Gasteiger partial charge in [0.15, 0.2) is 0 Å². The second kappa shape index (κ2) is 3.54. The Morgan fingerprint density at radius 1 is 1.55 bits per heavy atom. The highest BCUT2D eigenvalue weighted by atomic mass is 35.5. The van der Waals surface area contributed by atoms with E-state index in [1.54, 1.807) is 6.20 Å². The van der Waals surface area contributed by atoms with Crippen molar-refractivity contribution in [3.63, 3.8) is 0 Å². The lowest BCUT2D eigenvalue weighted by Gasteiger charge is -1.97. The molecule has 0 N–H and O–H groups in total. The number of hydrogen-bond donors (Lipinski definition) is 0. The van der Waals surface area contributed by atoms with Crippen LogP contribution in [0.15, 0.2) is 24.4 Å². The van der Waals surface area contributed by atoms with Crippen LogP contribution < -0.4 is 0 Å². The van der Waals surface area contributed by atoms with E-state index >= 15 is 0 Å². The minimum Gasteiger partial charge on any atom is -0.255 e. The van der Waals surface area contributed by atoms with Gasteiger partial charge in [-0.1, -0.05) is 17.7 Å². The lowest BCUT2D eigenvalue weighted by Crippen LogP contribution is -1.83. The summed E-state index contributed by atoms with van der Waals surface area (Å²) < 4.78 is 0. The molecule has 0 unspecified atom stereocenters. The number of rotatable bonds is 1. The van der Waals surface area contributed by atoms with E-state index in [9.17, 15) is 0 Å². The molecule has 11 heavy (non-hydrogen) atoms. The molecule has 0 atom stereocenters. The van der Waals surface area contributed by atoms with Gasteiger partial charge in [0, 0.05) is 6.20 Å². The van der Waals surface area contributed by atoms with Crippen molar-refractivity contribution in [2.24, 2.45) is 0 Å². The normalized spacial score (nSPS) is 11.7. The van der Waals surface area contributed by atoms with E-state index in [4.69, 9.17) is 11.6 Å². The fraction of sp³-hybridized carbons (Fsp3) is 0.222.